The molecule has 0 saturated carbocycles. The molecule has 46 heavy (non-hydrogen) atoms. The monoisotopic (exact) mass is 662 g/mol. The zero-order valence-corrected chi connectivity index (χ0v) is 27.0. The average Bonchev–Trinajstić information content (AvgIpc) is 3.09. The highest BCUT2D eigenvalue weighted by atomic mass is 32.2. The van der Waals surface area contributed by atoms with E-state index >= 15 is 0 Å². The Morgan fingerprint density at radius 2 is 0.913 bits per heavy atom. The van der Waals surface area contributed by atoms with Crippen LogP contribution in [0.25, 0.3) is 22.3 Å². The van der Waals surface area contributed by atoms with Crippen molar-refractivity contribution in [2.24, 2.45) is 0 Å². The minimum Gasteiger partial charge on any atom is -0.490 e. The number of benzene rings is 4. The minimum absolute atomic E-state index is 0.0528. The van der Waals surface area contributed by atoms with E-state index in [1.54, 1.807) is 0 Å². The Hall–Kier alpha value is -3.96. The fraction of sp³-hybridized carbons (Fsp3) is 0.278. The Kier molecular flexibility index (Phi) is 14.8. The first-order chi connectivity index (χ1) is 22.5. The lowest BCUT2D eigenvalue weighted by molar-refractivity contribution is -0.148. The molecule has 0 aliphatic heterocycles. The summed E-state index contributed by atoms with van der Waals surface area (Å²) < 4.78 is 21.9. The van der Waals surface area contributed by atoms with Crippen LogP contribution >= 0.6 is 23.5 Å². The van der Waals surface area contributed by atoms with Crippen LogP contribution in [0.4, 0.5) is 0 Å². The van der Waals surface area contributed by atoms with Crippen molar-refractivity contribution in [1.82, 2.24) is 0 Å². The minimum atomic E-state index is -0.768. The molecule has 8 nitrogen and oxygen atoms in total. The summed E-state index contributed by atoms with van der Waals surface area (Å²) in [5.74, 6) is 1.13. The average molecular weight is 663 g/mol. The summed E-state index contributed by atoms with van der Waals surface area (Å²) in [5, 5.41) is 20.6. The van der Waals surface area contributed by atoms with Gasteiger partial charge in [-0.3, -0.25) is 9.59 Å². The van der Waals surface area contributed by atoms with Crippen LogP contribution in [0.1, 0.15) is 0 Å². The largest absolute Gasteiger partial charge is 0.490 e. The molecule has 0 radical (unpaired) electrons. The van der Waals surface area contributed by atoms with Crippen molar-refractivity contribution in [3.8, 4) is 33.8 Å². The number of carbonyl (C=O) groups is 2. The van der Waals surface area contributed by atoms with E-state index in [2.05, 4.69) is 0 Å². The zero-order chi connectivity index (χ0) is 32.4. The predicted molar refractivity (Wildman–Crippen MR) is 183 cm³/mol. The number of rotatable bonds is 19. The maximum atomic E-state index is 12.0. The number of hydrogen-bond donors (Lipinski definition) is 2. The summed E-state index contributed by atoms with van der Waals surface area (Å²) in [7, 11) is 0. The topological polar surface area (TPSA) is 112 Å². The van der Waals surface area contributed by atoms with Crippen LogP contribution in [0.2, 0.25) is 0 Å². The molecule has 2 atom stereocenters. The Balaban J connectivity index is 1.02. The van der Waals surface area contributed by atoms with Crippen LogP contribution < -0.4 is 9.47 Å². The lowest BCUT2D eigenvalue weighted by Gasteiger charge is -2.15. The van der Waals surface area contributed by atoms with Gasteiger partial charge in [0.05, 0.1) is 23.7 Å². The number of thioether (sulfide) groups is 2. The standard InChI is InChI=1S/C36H38O8S2/c37-29(21-43-33-17-9-7-15-31(33)27-11-3-1-4-12-27)23-45-25-35(39)41-19-20-42-36(40)26-46-24-30(38)22-44-34-18-10-8-16-32(34)28-13-5-2-6-14-28/h1-18,29-30,37-38H,19-26H2. The zero-order valence-electron chi connectivity index (χ0n) is 25.4. The van der Waals surface area contributed by atoms with Gasteiger partial charge in [0.1, 0.15) is 37.9 Å². The normalized spacial score (nSPS) is 12.1. The fourth-order valence-electron chi connectivity index (χ4n) is 4.32. The first kappa shape index (κ1) is 34.9. The summed E-state index contributed by atoms with van der Waals surface area (Å²) >= 11 is 2.47. The SMILES string of the molecule is O=C(CSCC(O)COc1ccccc1-c1ccccc1)OCCOC(=O)CSCC(O)COc1ccccc1-c1ccccc1. The van der Waals surface area contributed by atoms with Gasteiger partial charge in [0.25, 0.3) is 0 Å². The molecule has 0 fully saturated rings. The Morgan fingerprint density at radius 1 is 0.543 bits per heavy atom. The third kappa shape index (κ3) is 12.1. The molecule has 0 heterocycles. The number of ether oxygens (including phenoxy) is 4. The lowest BCUT2D eigenvalue weighted by atomic mass is 10.1. The second-order valence-electron chi connectivity index (χ2n) is 10.1. The first-order valence-corrected chi connectivity index (χ1v) is 17.2. The third-order valence-corrected chi connectivity index (χ3v) is 8.60. The van der Waals surface area contributed by atoms with Crippen LogP contribution in [0.3, 0.4) is 0 Å². The van der Waals surface area contributed by atoms with E-state index in [1.165, 1.54) is 23.5 Å². The molecular formula is C36H38O8S2. The molecule has 0 spiro atoms. The van der Waals surface area contributed by atoms with Crippen LogP contribution in [0.5, 0.6) is 11.5 Å². The van der Waals surface area contributed by atoms with Crippen molar-refractivity contribution in [2.75, 3.05) is 49.4 Å². The highest BCUT2D eigenvalue weighted by Crippen LogP contribution is 2.30. The van der Waals surface area contributed by atoms with Gasteiger partial charge >= 0.3 is 11.9 Å². The predicted octanol–water partition coefficient (Wildman–Crippen LogP) is 5.75. The number of aliphatic hydroxyl groups excluding tert-OH is 2. The number of carbonyl (C=O) groups excluding carboxylic acids is 2. The molecule has 0 aliphatic rings. The summed E-state index contributed by atoms with van der Waals surface area (Å²) in [4.78, 5) is 24.0. The second-order valence-corrected chi connectivity index (χ2v) is 12.2. The second kappa shape index (κ2) is 19.5. The van der Waals surface area contributed by atoms with Crippen molar-refractivity contribution in [1.29, 1.82) is 0 Å². The summed E-state index contributed by atoms with van der Waals surface area (Å²) in [5.41, 5.74) is 3.93. The molecule has 0 bridgehead atoms. The summed E-state index contributed by atoms with van der Waals surface area (Å²) in [6, 6.07) is 35.0. The highest BCUT2D eigenvalue weighted by Gasteiger charge is 2.13. The van der Waals surface area contributed by atoms with Gasteiger partial charge in [-0.25, -0.2) is 0 Å². The molecule has 0 saturated heterocycles. The van der Waals surface area contributed by atoms with Crippen molar-refractivity contribution >= 4 is 35.5 Å². The van der Waals surface area contributed by atoms with Crippen molar-refractivity contribution < 1.29 is 38.7 Å². The molecular weight excluding hydrogens is 625 g/mol. The summed E-state index contributed by atoms with van der Waals surface area (Å²) in [6.45, 7) is 0.0578. The van der Waals surface area contributed by atoms with Crippen molar-refractivity contribution in [2.45, 2.75) is 12.2 Å². The smallest absolute Gasteiger partial charge is 0.316 e. The van der Waals surface area contributed by atoms with Gasteiger partial charge in [-0.2, -0.15) is 0 Å². The van der Waals surface area contributed by atoms with Crippen LogP contribution in [0, 0.1) is 0 Å². The van der Waals surface area contributed by atoms with E-state index in [4.69, 9.17) is 18.9 Å². The molecule has 4 aromatic carbocycles. The maximum Gasteiger partial charge on any atom is 0.316 e. The lowest BCUT2D eigenvalue weighted by Crippen LogP contribution is -2.22. The number of para-hydroxylation sites is 2. The number of aliphatic hydroxyl groups is 2. The number of esters is 2. The molecule has 4 aromatic rings. The summed E-state index contributed by atoms with van der Waals surface area (Å²) in [6.07, 6.45) is -1.54. The fourth-order valence-corrected chi connectivity index (χ4v) is 5.79. The van der Waals surface area contributed by atoms with E-state index in [-0.39, 0.29) is 37.9 Å². The van der Waals surface area contributed by atoms with Crippen molar-refractivity contribution in [3.63, 3.8) is 0 Å². The molecule has 4 rings (SSSR count). The van der Waals surface area contributed by atoms with Gasteiger partial charge in [-0.05, 0) is 23.3 Å². The molecule has 0 amide bonds. The van der Waals surface area contributed by atoms with Gasteiger partial charge in [-0.1, -0.05) is 97.1 Å². The van der Waals surface area contributed by atoms with Crippen molar-refractivity contribution in [3.05, 3.63) is 109 Å². The van der Waals surface area contributed by atoms with Gasteiger partial charge in [-0.15, -0.1) is 23.5 Å². The molecule has 242 valence electrons. The number of hydrogen-bond acceptors (Lipinski definition) is 10. The van der Waals surface area contributed by atoms with Gasteiger partial charge in [0.15, 0.2) is 0 Å². The van der Waals surface area contributed by atoms with Gasteiger partial charge in [0.2, 0.25) is 0 Å². The van der Waals surface area contributed by atoms with E-state index in [1.807, 2.05) is 109 Å². The van der Waals surface area contributed by atoms with E-state index in [9.17, 15) is 19.8 Å². The molecule has 2 N–H and O–H groups in total. The molecule has 0 aromatic heterocycles. The third-order valence-electron chi connectivity index (χ3n) is 6.48. The molecule has 0 aliphatic carbocycles. The first-order valence-electron chi connectivity index (χ1n) is 14.9. The van der Waals surface area contributed by atoms with E-state index < -0.39 is 24.1 Å². The molecule has 10 heteroatoms. The van der Waals surface area contributed by atoms with Gasteiger partial charge in [0, 0.05) is 22.6 Å². The van der Waals surface area contributed by atoms with E-state index in [0.29, 0.717) is 23.0 Å². The Morgan fingerprint density at radius 3 is 1.33 bits per heavy atom. The highest BCUT2D eigenvalue weighted by molar-refractivity contribution is 8.00. The maximum absolute atomic E-state index is 12.0. The van der Waals surface area contributed by atoms with E-state index in [0.717, 1.165) is 22.3 Å². The van der Waals surface area contributed by atoms with Crippen LogP contribution in [-0.2, 0) is 19.1 Å². The Labute approximate surface area is 278 Å². The quantitative estimate of drug-likeness (QED) is 0.0951. The Bertz CT molecular complexity index is 1370. The van der Waals surface area contributed by atoms with Crippen LogP contribution in [0.15, 0.2) is 109 Å². The van der Waals surface area contributed by atoms with Crippen LogP contribution in [-0.4, -0.2) is 83.8 Å². The molecule has 2 unspecified atom stereocenters. The van der Waals surface area contributed by atoms with Gasteiger partial charge < -0.3 is 29.2 Å².